The molecule has 0 saturated carbocycles. The Hall–Kier alpha value is -1.10. The fraction of sp³-hybridized carbons (Fsp3) is 0.500. The zero-order valence-corrected chi connectivity index (χ0v) is 9.57. The molecule has 0 atom stereocenters. The summed E-state index contributed by atoms with van der Waals surface area (Å²) in [5, 5.41) is 2.80. The summed E-state index contributed by atoms with van der Waals surface area (Å²) < 4.78 is 48.8. The number of aryl methyl sites for hydroxylation is 1. The van der Waals surface area contributed by atoms with Gasteiger partial charge in [0.2, 0.25) is 0 Å². The average Bonchev–Trinajstić information content (AvgIpc) is 2.21. The first kappa shape index (κ1) is 14.0. The van der Waals surface area contributed by atoms with Crippen molar-refractivity contribution >= 4 is 0 Å². The van der Waals surface area contributed by atoms with Crippen LogP contribution in [-0.2, 0) is 6.54 Å². The van der Waals surface area contributed by atoms with E-state index in [1.165, 1.54) is 6.07 Å². The number of nitrogens with one attached hydrogen (secondary N) is 1. The second kappa shape index (κ2) is 6.00. The summed E-state index contributed by atoms with van der Waals surface area (Å²) in [6.07, 6.45) is -4.91. The lowest BCUT2D eigenvalue weighted by Gasteiger charge is -2.08. The summed E-state index contributed by atoms with van der Waals surface area (Å²) in [5.74, 6) is -0.334. The van der Waals surface area contributed by atoms with Crippen molar-refractivity contribution in [3.8, 4) is 0 Å². The first-order valence-corrected chi connectivity index (χ1v) is 5.41. The highest BCUT2D eigenvalue weighted by molar-refractivity contribution is 5.23. The van der Waals surface area contributed by atoms with E-state index in [1.54, 1.807) is 12.1 Å². The molecule has 1 N–H and O–H groups in total. The third-order valence-corrected chi connectivity index (χ3v) is 2.33. The van der Waals surface area contributed by atoms with Crippen LogP contribution in [0.4, 0.5) is 17.6 Å². The molecule has 5 heteroatoms. The molecule has 1 aromatic carbocycles. The van der Waals surface area contributed by atoms with Crippen molar-refractivity contribution < 1.29 is 17.6 Å². The van der Waals surface area contributed by atoms with Crippen LogP contribution in [-0.4, -0.2) is 12.7 Å². The zero-order chi connectivity index (χ0) is 12.9. The van der Waals surface area contributed by atoms with E-state index in [4.69, 9.17) is 0 Å². The van der Waals surface area contributed by atoms with Gasteiger partial charge in [0.15, 0.2) is 0 Å². The molecule has 0 bridgehead atoms. The van der Waals surface area contributed by atoms with Crippen LogP contribution in [0.3, 0.4) is 0 Å². The van der Waals surface area contributed by atoms with Gasteiger partial charge in [0.25, 0.3) is 0 Å². The Morgan fingerprint density at radius 1 is 1.24 bits per heavy atom. The molecule has 0 saturated heterocycles. The highest BCUT2D eigenvalue weighted by Gasteiger charge is 2.25. The summed E-state index contributed by atoms with van der Waals surface area (Å²) in [5.41, 5.74) is 1.41. The van der Waals surface area contributed by atoms with Gasteiger partial charge in [-0.25, -0.2) is 4.39 Å². The minimum Gasteiger partial charge on any atom is -0.313 e. The standard InChI is InChI=1S/C12H15F4N/c1-9-3-4-11(13)10(7-9)8-17-6-2-5-12(14,15)16/h3-4,7,17H,2,5-6,8H2,1H3. The number of hydrogen-bond acceptors (Lipinski definition) is 1. The van der Waals surface area contributed by atoms with Crippen LogP contribution < -0.4 is 5.32 Å². The maximum absolute atomic E-state index is 13.2. The highest BCUT2D eigenvalue weighted by Crippen LogP contribution is 2.20. The van der Waals surface area contributed by atoms with Crippen molar-refractivity contribution in [2.75, 3.05) is 6.54 Å². The SMILES string of the molecule is Cc1ccc(F)c(CNCCCC(F)(F)F)c1. The van der Waals surface area contributed by atoms with Crippen LogP contribution in [0.2, 0.25) is 0 Å². The number of hydrogen-bond donors (Lipinski definition) is 1. The molecule has 0 fully saturated rings. The summed E-state index contributed by atoms with van der Waals surface area (Å²) >= 11 is 0. The molecule has 1 nitrogen and oxygen atoms in total. The Bertz CT molecular complexity index is 360. The predicted molar refractivity (Wildman–Crippen MR) is 58.1 cm³/mol. The lowest BCUT2D eigenvalue weighted by molar-refractivity contribution is -0.135. The van der Waals surface area contributed by atoms with Gasteiger partial charge >= 0.3 is 6.18 Å². The third-order valence-electron chi connectivity index (χ3n) is 2.33. The van der Waals surface area contributed by atoms with Crippen molar-refractivity contribution in [1.29, 1.82) is 0 Å². The number of alkyl halides is 3. The summed E-state index contributed by atoms with van der Waals surface area (Å²) in [6.45, 7) is 2.32. The van der Waals surface area contributed by atoms with Gasteiger partial charge in [-0.2, -0.15) is 13.2 Å². The molecule has 1 aromatic rings. The van der Waals surface area contributed by atoms with Crippen LogP contribution in [0.25, 0.3) is 0 Å². The van der Waals surface area contributed by atoms with Crippen molar-refractivity contribution in [3.63, 3.8) is 0 Å². The molecule has 0 radical (unpaired) electrons. The van der Waals surface area contributed by atoms with Crippen LogP contribution in [0, 0.1) is 12.7 Å². The van der Waals surface area contributed by atoms with E-state index in [9.17, 15) is 17.6 Å². The molecule has 0 heterocycles. The Labute approximate surface area is 97.8 Å². The largest absolute Gasteiger partial charge is 0.389 e. The fourth-order valence-electron chi connectivity index (χ4n) is 1.48. The quantitative estimate of drug-likeness (QED) is 0.621. The number of rotatable bonds is 5. The maximum Gasteiger partial charge on any atom is 0.389 e. The van der Waals surface area contributed by atoms with Gasteiger partial charge in [0, 0.05) is 18.5 Å². The lowest BCUT2D eigenvalue weighted by Crippen LogP contribution is -2.18. The molecule has 0 aliphatic heterocycles. The molecular weight excluding hydrogens is 234 g/mol. The van der Waals surface area contributed by atoms with E-state index in [0.29, 0.717) is 5.56 Å². The van der Waals surface area contributed by atoms with Crippen molar-refractivity contribution in [1.82, 2.24) is 5.32 Å². The van der Waals surface area contributed by atoms with Crippen molar-refractivity contribution in [3.05, 3.63) is 35.1 Å². The molecule has 0 spiro atoms. The average molecular weight is 249 g/mol. The Balaban J connectivity index is 2.29. The first-order chi connectivity index (χ1) is 7.88. The Morgan fingerprint density at radius 3 is 2.59 bits per heavy atom. The molecule has 0 aliphatic carbocycles. The zero-order valence-electron chi connectivity index (χ0n) is 9.57. The molecule has 0 amide bonds. The number of halogens is 4. The van der Waals surface area contributed by atoms with Crippen molar-refractivity contribution in [2.45, 2.75) is 32.5 Å². The van der Waals surface area contributed by atoms with Crippen LogP contribution in [0.5, 0.6) is 0 Å². The van der Waals surface area contributed by atoms with E-state index >= 15 is 0 Å². The second-order valence-corrected chi connectivity index (χ2v) is 3.99. The summed E-state index contributed by atoms with van der Waals surface area (Å²) in [4.78, 5) is 0. The summed E-state index contributed by atoms with van der Waals surface area (Å²) in [6, 6.07) is 4.70. The molecule has 1 rings (SSSR count). The van der Waals surface area contributed by atoms with Crippen LogP contribution in [0.1, 0.15) is 24.0 Å². The minimum atomic E-state index is -4.11. The normalized spacial score (nSPS) is 11.8. The van der Waals surface area contributed by atoms with Gasteiger partial charge in [-0.3, -0.25) is 0 Å². The van der Waals surface area contributed by atoms with Gasteiger partial charge in [-0.15, -0.1) is 0 Å². The van der Waals surface area contributed by atoms with Crippen LogP contribution >= 0.6 is 0 Å². The van der Waals surface area contributed by atoms with Gasteiger partial charge < -0.3 is 5.32 Å². The topological polar surface area (TPSA) is 12.0 Å². The smallest absolute Gasteiger partial charge is 0.313 e. The van der Waals surface area contributed by atoms with E-state index in [-0.39, 0.29) is 25.3 Å². The van der Waals surface area contributed by atoms with Crippen LogP contribution in [0.15, 0.2) is 18.2 Å². The maximum atomic E-state index is 13.2. The minimum absolute atomic E-state index is 0.0108. The van der Waals surface area contributed by atoms with Gasteiger partial charge in [-0.05, 0) is 26.0 Å². The molecule has 0 unspecified atom stereocenters. The van der Waals surface area contributed by atoms with Crippen molar-refractivity contribution in [2.24, 2.45) is 0 Å². The predicted octanol–water partition coefficient (Wildman–Crippen LogP) is 3.57. The van der Waals surface area contributed by atoms with E-state index in [2.05, 4.69) is 5.32 Å². The first-order valence-electron chi connectivity index (χ1n) is 5.41. The Morgan fingerprint density at radius 2 is 1.94 bits per heavy atom. The van der Waals surface area contributed by atoms with E-state index in [0.717, 1.165) is 5.56 Å². The van der Waals surface area contributed by atoms with E-state index in [1.807, 2.05) is 6.92 Å². The fourth-order valence-corrected chi connectivity index (χ4v) is 1.48. The summed E-state index contributed by atoms with van der Waals surface area (Å²) in [7, 11) is 0. The van der Waals surface area contributed by atoms with E-state index < -0.39 is 12.6 Å². The van der Waals surface area contributed by atoms with Gasteiger partial charge in [-0.1, -0.05) is 17.7 Å². The van der Waals surface area contributed by atoms with Gasteiger partial charge in [0.05, 0.1) is 0 Å². The molecular formula is C12H15F4N. The third kappa shape index (κ3) is 5.68. The molecule has 0 aromatic heterocycles. The lowest BCUT2D eigenvalue weighted by atomic mass is 10.1. The second-order valence-electron chi connectivity index (χ2n) is 3.99. The highest BCUT2D eigenvalue weighted by atomic mass is 19.4. The Kier molecular flexibility index (Phi) is 4.93. The molecule has 17 heavy (non-hydrogen) atoms. The molecule has 0 aliphatic rings. The van der Waals surface area contributed by atoms with Gasteiger partial charge in [0.1, 0.15) is 5.82 Å². The molecule has 96 valence electrons. The number of benzene rings is 1. The monoisotopic (exact) mass is 249 g/mol.